The first kappa shape index (κ1) is 23.3. The number of hydrogen-bond donors (Lipinski definition) is 0. The molecule has 0 saturated carbocycles. The number of benzene rings is 1. The molecule has 7 heteroatoms. The lowest BCUT2D eigenvalue weighted by atomic mass is 9.98. The van der Waals surface area contributed by atoms with Crippen LogP contribution >= 0.6 is 11.3 Å². The highest BCUT2D eigenvalue weighted by Crippen LogP contribution is 2.32. The quantitative estimate of drug-likeness (QED) is 0.614. The van der Waals surface area contributed by atoms with Crippen LogP contribution in [0.5, 0.6) is 0 Å². The fourth-order valence-electron chi connectivity index (χ4n) is 3.94. The van der Waals surface area contributed by atoms with Crippen molar-refractivity contribution in [3.8, 4) is 0 Å². The molecule has 1 saturated heterocycles. The molecule has 31 heavy (non-hydrogen) atoms. The molecule has 1 aromatic carbocycles. The van der Waals surface area contributed by atoms with Gasteiger partial charge in [0.1, 0.15) is 11.3 Å². The summed E-state index contributed by atoms with van der Waals surface area (Å²) in [6.07, 6.45) is 2.25. The molecule has 0 radical (unpaired) electrons. The molecule has 0 unspecified atom stereocenters. The van der Waals surface area contributed by atoms with E-state index in [1.807, 2.05) is 51.4 Å². The van der Waals surface area contributed by atoms with Gasteiger partial charge in [-0.1, -0.05) is 37.3 Å². The molecular weight excluding hydrogens is 410 g/mol. The van der Waals surface area contributed by atoms with Gasteiger partial charge >= 0.3 is 6.09 Å². The van der Waals surface area contributed by atoms with Gasteiger partial charge in [0.25, 0.3) is 5.91 Å². The summed E-state index contributed by atoms with van der Waals surface area (Å²) in [6.45, 7) is 9.02. The third-order valence-electron chi connectivity index (χ3n) is 5.60. The van der Waals surface area contributed by atoms with Crippen molar-refractivity contribution in [2.45, 2.75) is 64.5 Å². The molecule has 2 aromatic rings. The number of thiazole rings is 1. The van der Waals surface area contributed by atoms with Crippen LogP contribution in [0.3, 0.4) is 0 Å². The first-order valence-electron chi connectivity index (χ1n) is 10.9. The minimum absolute atomic E-state index is 0.0240. The molecule has 1 aliphatic heterocycles. The average Bonchev–Trinajstić information content (AvgIpc) is 3.23. The SMILES string of the molecule is CC[C@H](c1ccccc1)N(C)C(=O)c1csc(C2CCN(C(=O)OC(C)(C)C)CC2)n1. The van der Waals surface area contributed by atoms with E-state index in [0.29, 0.717) is 18.8 Å². The molecule has 0 aliphatic carbocycles. The highest BCUT2D eigenvalue weighted by Gasteiger charge is 2.30. The second-order valence-corrected chi connectivity index (χ2v) is 9.95. The van der Waals surface area contributed by atoms with Gasteiger partial charge in [0.15, 0.2) is 0 Å². The second kappa shape index (κ2) is 9.81. The van der Waals surface area contributed by atoms with Gasteiger partial charge in [-0.25, -0.2) is 9.78 Å². The predicted molar refractivity (Wildman–Crippen MR) is 123 cm³/mol. The Morgan fingerprint density at radius 1 is 1.23 bits per heavy atom. The van der Waals surface area contributed by atoms with Crippen molar-refractivity contribution in [2.24, 2.45) is 0 Å². The molecule has 6 nitrogen and oxygen atoms in total. The monoisotopic (exact) mass is 443 g/mol. The van der Waals surface area contributed by atoms with Gasteiger partial charge in [-0.3, -0.25) is 4.79 Å². The van der Waals surface area contributed by atoms with Crippen LogP contribution in [-0.4, -0.2) is 52.5 Å². The molecule has 0 N–H and O–H groups in total. The highest BCUT2D eigenvalue weighted by atomic mass is 32.1. The van der Waals surface area contributed by atoms with Crippen molar-refractivity contribution in [3.05, 3.63) is 52.0 Å². The first-order valence-corrected chi connectivity index (χ1v) is 11.8. The number of aromatic nitrogens is 1. The summed E-state index contributed by atoms with van der Waals surface area (Å²) in [6, 6.07) is 10.1. The molecule has 1 aromatic heterocycles. The highest BCUT2D eigenvalue weighted by molar-refractivity contribution is 7.09. The van der Waals surface area contributed by atoms with Crippen molar-refractivity contribution in [1.29, 1.82) is 0 Å². The Morgan fingerprint density at radius 2 is 1.87 bits per heavy atom. The maximum atomic E-state index is 13.1. The first-order chi connectivity index (χ1) is 14.7. The Kier molecular flexibility index (Phi) is 7.36. The minimum atomic E-state index is -0.485. The number of ether oxygens (including phenoxy) is 1. The Hall–Kier alpha value is -2.41. The van der Waals surface area contributed by atoms with Crippen molar-refractivity contribution in [3.63, 3.8) is 0 Å². The van der Waals surface area contributed by atoms with Gasteiger partial charge in [0.2, 0.25) is 0 Å². The van der Waals surface area contributed by atoms with E-state index in [-0.39, 0.29) is 24.0 Å². The zero-order valence-corrected chi connectivity index (χ0v) is 19.9. The van der Waals surface area contributed by atoms with Crippen LogP contribution in [0.25, 0.3) is 0 Å². The van der Waals surface area contributed by atoms with Gasteiger partial charge in [-0.05, 0) is 45.6 Å². The largest absolute Gasteiger partial charge is 0.444 e. The van der Waals surface area contributed by atoms with Crippen LogP contribution in [0.2, 0.25) is 0 Å². The van der Waals surface area contributed by atoms with Crippen LogP contribution in [0, 0.1) is 0 Å². The van der Waals surface area contributed by atoms with Crippen LogP contribution in [0.4, 0.5) is 4.79 Å². The lowest BCUT2D eigenvalue weighted by molar-refractivity contribution is 0.0204. The number of carbonyl (C=O) groups is 2. The lowest BCUT2D eigenvalue weighted by Crippen LogP contribution is -2.41. The summed E-state index contributed by atoms with van der Waals surface area (Å²) in [4.78, 5) is 33.6. The van der Waals surface area contributed by atoms with Gasteiger partial charge in [0.05, 0.1) is 11.0 Å². The van der Waals surface area contributed by atoms with E-state index in [0.717, 1.165) is 29.8 Å². The van der Waals surface area contributed by atoms with Crippen LogP contribution in [-0.2, 0) is 4.74 Å². The van der Waals surface area contributed by atoms with E-state index < -0.39 is 5.60 Å². The molecule has 2 amide bonds. The van der Waals surface area contributed by atoms with E-state index >= 15 is 0 Å². The Labute approximate surface area is 189 Å². The third kappa shape index (κ3) is 5.85. The summed E-state index contributed by atoms with van der Waals surface area (Å²) < 4.78 is 5.47. The fourth-order valence-corrected chi connectivity index (χ4v) is 4.90. The predicted octanol–water partition coefficient (Wildman–Crippen LogP) is 5.48. The molecule has 2 heterocycles. The van der Waals surface area contributed by atoms with Crippen molar-refractivity contribution in [2.75, 3.05) is 20.1 Å². The summed E-state index contributed by atoms with van der Waals surface area (Å²) in [5.74, 6) is 0.219. The molecule has 168 valence electrons. The number of amides is 2. The van der Waals surface area contributed by atoms with E-state index in [1.165, 1.54) is 0 Å². The number of piperidine rings is 1. The standard InChI is InChI=1S/C24H33N3O3S/c1-6-20(17-10-8-7-9-11-17)26(5)22(28)19-16-31-21(25-19)18-12-14-27(15-13-18)23(29)30-24(2,3)4/h7-11,16,18,20H,6,12-15H2,1-5H3/t20-/m1/s1. The van der Waals surface area contributed by atoms with E-state index in [9.17, 15) is 9.59 Å². The Bertz CT molecular complexity index is 883. The third-order valence-corrected chi connectivity index (χ3v) is 6.60. The Balaban J connectivity index is 1.61. The van der Waals surface area contributed by atoms with Crippen molar-refractivity contribution in [1.82, 2.24) is 14.8 Å². The summed E-state index contributed by atoms with van der Waals surface area (Å²) in [5.41, 5.74) is 1.15. The molecule has 0 spiro atoms. The number of carbonyl (C=O) groups excluding carboxylic acids is 2. The van der Waals surface area contributed by atoms with Crippen molar-refractivity contribution < 1.29 is 14.3 Å². The molecule has 3 rings (SSSR count). The minimum Gasteiger partial charge on any atom is -0.444 e. The zero-order chi connectivity index (χ0) is 22.6. The smallest absolute Gasteiger partial charge is 0.410 e. The maximum Gasteiger partial charge on any atom is 0.410 e. The van der Waals surface area contributed by atoms with Crippen LogP contribution < -0.4 is 0 Å². The number of rotatable bonds is 5. The van der Waals surface area contributed by atoms with Crippen molar-refractivity contribution >= 4 is 23.3 Å². The summed E-state index contributed by atoms with van der Waals surface area (Å²) in [7, 11) is 1.85. The second-order valence-electron chi connectivity index (χ2n) is 9.06. The van der Waals surface area contributed by atoms with Gasteiger partial charge in [-0.2, -0.15) is 0 Å². The normalized spacial score (nSPS) is 16.1. The van der Waals surface area contributed by atoms with Crippen LogP contribution in [0.15, 0.2) is 35.7 Å². The summed E-state index contributed by atoms with van der Waals surface area (Å²) in [5, 5.41) is 2.85. The number of hydrogen-bond acceptors (Lipinski definition) is 5. The van der Waals surface area contributed by atoms with E-state index in [4.69, 9.17) is 4.74 Å². The maximum absolute atomic E-state index is 13.1. The lowest BCUT2D eigenvalue weighted by Gasteiger charge is -2.32. The molecule has 1 fully saturated rings. The van der Waals surface area contributed by atoms with Crippen LogP contribution in [0.1, 0.15) is 80.0 Å². The molecule has 1 atom stereocenters. The fraction of sp³-hybridized carbons (Fsp3) is 0.542. The topological polar surface area (TPSA) is 62.7 Å². The zero-order valence-electron chi connectivity index (χ0n) is 19.1. The molecule has 0 bridgehead atoms. The Morgan fingerprint density at radius 3 is 2.45 bits per heavy atom. The van der Waals surface area contributed by atoms with Gasteiger partial charge < -0.3 is 14.5 Å². The average molecular weight is 444 g/mol. The molecule has 1 aliphatic rings. The van der Waals surface area contributed by atoms with Gasteiger partial charge in [0, 0.05) is 31.4 Å². The van der Waals surface area contributed by atoms with E-state index in [2.05, 4.69) is 24.0 Å². The summed E-state index contributed by atoms with van der Waals surface area (Å²) >= 11 is 1.54. The number of nitrogens with zero attached hydrogens (tertiary/aromatic N) is 3. The van der Waals surface area contributed by atoms with E-state index in [1.54, 1.807) is 21.1 Å². The number of likely N-dealkylation sites (tertiary alicyclic amines) is 1. The van der Waals surface area contributed by atoms with Gasteiger partial charge in [-0.15, -0.1) is 11.3 Å². The molecular formula is C24H33N3O3S.